The Kier molecular flexibility index (Phi) is 5.30. The van der Waals surface area contributed by atoms with Gasteiger partial charge >= 0.3 is 6.01 Å². The maximum absolute atomic E-state index is 13.4. The van der Waals surface area contributed by atoms with Gasteiger partial charge in [0.15, 0.2) is 5.13 Å². The van der Waals surface area contributed by atoms with Crippen molar-refractivity contribution >= 4 is 32.6 Å². The monoisotopic (exact) mass is 407 g/mol. The Balaban J connectivity index is 1.78. The van der Waals surface area contributed by atoms with E-state index in [4.69, 9.17) is 9.47 Å². The fourth-order valence-corrected chi connectivity index (χ4v) is 3.67. The number of hydrogen-bond acceptors (Lipinski definition) is 8. The standard InChI is InChI=1S/C20H17N5O3S/c1-27-17-11-15(22-19(24-17)28-2)18(26)25(12-13-7-5-6-10-21-13)20-23-14-8-3-4-9-16(14)29-20/h3-11H,12H2,1-2H3. The summed E-state index contributed by atoms with van der Waals surface area (Å²) in [7, 11) is 2.90. The van der Waals surface area contributed by atoms with Crippen molar-refractivity contribution in [1.29, 1.82) is 0 Å². The van der Waals surface area contributed by atoms with Gasteiger partial charge in [0.2, 0.25) is 5.88 Å². The Labute approximate surface area is 170 Å². The predicted molar refractivity (Wildman–Crippen MR) is 110 cm³/mol. The second kappa shape index (κ2) is 8.19. The maximum Gasteiger partial charge on any atom is 0.320 e. The fraction of sp³-hybridized carbons (Fsp3) is 0.150. The minimum Gasteiger partial charge on any atom is -0.481 e. The largest absolute Gasteiger partial charge is 0.481 e. The number of rotatable bonds is 6. The van der Waals surface area contributed by atoms with E-state index in [2.05, 4.69) is 19.9 Å². The van der Waals surface area contributed by atoms with Crippen LogP contribution in [-0.4, -0.2) is 40.1 Å². The molecule has 0 aliphatic heterocycles. The molecule has 4 aromatic rings. The van der Waals surface area contributed by atoms with E-state index in [1.807, 2.05) is 42.5 Å². The molecule has 0 bridgehead atoms. The molecule has 146 valence electrons. The van der Waals surface area contributed by atoms with Crippen LogP contribution in [0.2, 0.25) is 0 Å². The van der Waals surface area contributed by atoms with Crippen LogP contribution in [0, 0.1) is 0 Å². The first-order chi connectivity index (χ1) is 14.2. The molecule has 8 nitrogen and oxygen atoms in total. The number of benzene rings is 1. The molecule has 1 aromatic carbocycles. The van der Waals surface area contributed by atoms with Crippen molar-refractivity contribution in [2.75, 3.05) is 19.1 Å². The third-order valence-electron chi connectivity index (χ3n) is 4.10. The minimum absolute atomic E-state index is 0.0507. The first kappa shape index (κ1) is 18.8. The number of carbonyl (C=O) groups is 1. The average Bonchev–Trinajstić information content (AvgIpc) is 3.21. The Morgan fingerprint density at radius 2 is 1.86 bits per heavy atom. The number of anilines is 1. The summed E-state index contributed by atoms with van der Waals surface area (Å²) >= 11 is 1.43. The number of ether oxygens (including phenoxy) is 2. The van der Waals surface area contributed by atoms with Gasteiger partial charge in [0.25, 0.3) is 5.91 Å². The highest BCUT2D eigenvalue weighted by molar-refractivity contribution is 7.22. The van der Waals surface area contributed by atoms with Gasteiger partial charge in [-0.3, -0.25) is 14.7 Å². The lowest BCUT2D eigenvalue weighted by Gasteiger charge is -2.19. The molecule has 3 heterocycles. The zero-order valence-electron chi connectivity index (χ0n) is 15.8. The van der Waals surface area contributed by atoms with Crippen molar-refractivity contribution < 1.29 is 14.3 Å². The van der Waals surface area contributed by atoms with E-state index in [0.29, 0.717) is 5.13 Å². The van der Waals surface area contributed by atoms with Crippen molar-refractivity contribution in [3.05, 3.63) is 66.1 Å². The van der Waals surface area contributed by atoms with Crippen LogP contribution in [-0.2, 0) is 6.54 Å². The number of carbonyl (C=O) groups excluding carboxylic acids is 1. The second-order valence-corrected chi connectivity index (χ2v) is 6.97. The summed E-state index contributed by atoms with van der Waals surface area (Å²) in [6.45, 7) is 0.244. The zero-order valence-corrected chi connectivity index (χ0v) is 16.6. The van der Waals surface area contributed by atoms with Crippen LogP contribution < -0.4 is 14.4 Å². The molecule has 0 saturated heterocycles. The van der Waals surface area contributed by atoms with Crippen LogP contribution >= 0.6 is 11.3 Å². The van der Waals surface area contributed by atoms with Gasteiger partial charge < -0.3 is 9.47 Å². The van der Waals surface area contributed by atoms with Gasteiger partial charge in [-0.05, 0) is 24.3 Å². The van der Waals surface area contributed by atoms with Gasteiger partial charge in [-0.15, -0.1) is 0 Å². The van der Waals surface area contributed by atoms with E-state index in [-0.39, 0.29) is 30.0 Å². The predicted octanol–water partition coefficient (Wildman–Crippen LogP) is 3.35. The average molecular weight is 407 g/mol. The number of aromatic nitrogens is 4. The molecule has 0 unspecified atom stereocenters. The van der Waals surface area contributed by atoms with Crippen LogP contribution in [0.5, 0.6) is 11.9 Å². The summed E-state index contributed by atoms with van der Waals surface area (Å²) in [5.74, 6) is -0.115. The number of amides is 1. The van der Waals surface area contributed by atoms with E-state index in [9.17, 15) is 4.79 Å². The third-order valence-corrected chi connectivity index (χ3v) is 5.16. The number of thiazole rings is 1. The third kappa shape index (κ3) is 3.99. The molecule has 0 aliphatic rings. The van der Waals surface area contributed by atoms with Crippen LogP contribution in [0.15, 0.2) is 54.7 Å². The van der Waals surface area contributed by atoms with Crippen molar-refractivity contribution in [3.8, 4) is 11.9 Å². The van der Waals surface area contributed by atoms with Crippen molar-refractivity contribution in [2.24, 2.45) is 0 Å². The first-order valence-corrected chi connectivity index (χ1v) is 9.54. The van der Waals surface area contributed by atoms with Crippen LogP contribution in [0.4, 0.5) is 5.13 Å². The van der Waals surface area contributed by atoms with Crippen molar-refractivity contribution in [2.45, 2.75) is 6.54 Å². The Morgan fingerprint density at radius 3 is 2.59 bits per heavy atom. The van der Waals surface area contributed by atoms with E-state index in [1.165, 1.54) is 31.6 Å². The number of hydrogen-bond donors (Lipinski definition) is 0. The molecule has 3 aromatic heterocycles. The SMILES string of the molecule is COc1cc(C(=O)N(Cc2ccccn2)c2nc3ccccc3s2)nc(OC)n1. The van der Waals surface area contributed by atoms with Crippen LogP contribution in [0.1, 0.15) is 16.2 Å². The smallest absolute Gasteiger partial charge is 0.320 e. The highest BCUT2D eigenvalue weighted by Gasteiger charge is 2.25. The molecule has 0 N–H and O–H groups in total. The summed E-state index contributed by atoms with van der Waals surface area (Å²) < 4.78 is 11.3. The Hall–Kier alpha value is -3.59. The molecule has 29 heavy (non-hydrogen) atoms. The molecule has 0 aliphatic carbocycles. The lowest BCUT2D eigenvalue weighted by Crippen LogP contribution is -2.31. The van der Waals surface area contributed by atoms with Crippen molar-refractivity contribution in [3.63, 3.8) is 0 Å². The molecule has 1 amide bonds. The summed E-state index contributed by atoms with van der Waals surface area (Å²) in [6, 6.07) is 14.8. The van der Waals surface area contributed by atoms with E-state index >= 15 is 0 Å². The van der Waals surface area contributed by atoms with Gasteiger partial charge in [-0.25, -0.2) is 4.98 Å². The Bertz CT molecular complexity index is 1090. The molecule has 4 rings (SSSR count). The highest BCUT2D eigenvalue weighted by Crippen LogP contribution is 2.30. The highest BCUT2D eigenvalue weighted by atomic mass is 32.1. The molecule has 9 heteroatoms. The number of fused-ring (bicyclic) bond motifs is 1. The molecular formula is C20H17N5O3S. The minimum atomic E-state index is -0.353. The van der Waals surface area contributed by atoms with Gasteiger partial charge in [-0.2, -0.15) is 9.97 Å². The lowest BCUT2D eigenvalue weighted by molar-refractivity contribution is 0.0978. The summed E-state index contributed by atoms with van der Waals surface area (Å²) in [5.41, 5.74) is 1.70. The first-order valence-electron chi connectivity index (χ1n) is 8.72. The van der Waals surface area contributed by atoms with Gasteiger partial charge in [0.05, 0.1) is 36.7 Å². The molecule has 0 radical (unpaired) electrons. The number of pyridine rings is 1. The topological polar surface area (TPSA) is 90.3 Å². The summed E-state index contributed by atoms with van der Waals surface area (Å²) in [5, 5.41) is 0.554. The quantitative estimate of drug-likeness (QED) is 0.484. The van der Waals surface area contributed by atoms with Gasteiger partial charge in [0.1, 0.15) is 5.69 Å². The van der Waals surface area contributed by atoms with Gasteiger partial charge in [0, 0.05) is 12.3 Å². The van der Waals surface area contributed by atoms with Crippen molar-refractivity contribution in [1.82, 2.24) is 19.9 Å². The number of nitrogens with zero attached hydrogens (tertiary/aromatic N) is 5. The molecule has 0 fully saturated rings. The van der Waals surface area contributed by atoms with Crippen LogP contribution in [0.3, 0.4) is 0 Å². The molecule has 0 saturated carbocycles. The molecular weight excluding hydrogens is 390 g/mol. The maximum atomic E-state index is 13.4. The van der Waals surface area contributed by atoms with Gasteiger partial charge in [-0.1, -0.05) is 29.5 Å². The number of methoxy groups -OCH3 is 2. The molecule has 0 atom stereocenters. The summed E-state index contributed by atoms with van der Waals surface area (Å²) in [6.07, 6.45) is 1.69. The van der Waals surface area contributed by atoms with E-state index in [1.54, 1.807) is 11.1 Å². The summed E-state index contributed by atoms with van der Waals surface area (Å²) in [4.78, 5) is 32.2. The van der Waals surface area contributed by atoms with E-state index < -0.39 is 0 Å². The van der Waals surface area contributed by atoms with E-state index in [0.717, 1.165) is 15.9 Å². The number of para-hydroxylation sites is 1. The lowest BCUT2D eigenvalue weighted by atomic mass is 10.3. The fourth-order valence-electron chi connectivity index (χ4n) is 2.70. The second-order valence-electron chi connectivity index (χ2n) is 5.96. The Morgan fingerprint density at radius 1 is 1.03 bits per heavy atom. The zero-order chi connectivity index (χ0) is 20.2. The molecule has 0 spiro atoms. The van der Waals surface area contributed by atoms with Crippen LogP contribution in [0.25, 0.3) is 10.2 Å². The normalized spacial score (nSPS) is 10.7.